The molecule has 1 aliphatic rings. The number of Topliss-reactive ketones (excluding diaryl/α,β-unsaturated/α-hetero) is 3. The van der Waals surface area contributed by atoms with Crippen molar-refractivity contribution in [2.75, 3.05) is 25.0 Å². The van der Waals surface area contributed by atoms with Gasteiger partial charge in [0.15, 0.2) is 17.3 Å². The van der Waals surface area contributed by atoms with Gasteiger partial charge in [-0.25, -0.2) is 4.98 Å². The van der Waals surface area contributed by atoms with E-state index in [0.717, 1.165) is 37.3 Å². The second-order valence-electron chi connectivity index (χ2n) is 12.4. The van der Waals surface area contributed by atoms with Gasteiger partial charge in [0.2, 0.25) is 0 Å². The maximum Gasteiger partial charge on any atom is 0.305 e. The van der Waals surface area contributed by atoms with Crippen LogP contribution in [0.25, 0.3) is 0 Å². The molecular formula is C30H49N5O5. The molecule has 0 fully saturated rings. The molecule has 0 bridgehead atoms. The van der Waals surface area contributed by atoms with E-state index in [1.54, 1.807) is 41.5 Å². The summed E-state index contributed by atoms with van der Waals surface area (Å²) >= 11 is 0. The fourth-order valence-electron chi connectivity index (χ4n) is 4.73. The SMILES string of the molecule is CCCNC(C)(C)C(=O)C(CC(=O)O)NC(C)(C)C(=O)CNC(C)(C)C(=O)CCCc1ccc2c(n1)NCCC2. The molecule has 0 amide bonds. The molecule has 2 rings (SSSR count). The molecule has 1 aromatic heterocycles. The van der Waals surface area contributed by atoms with Gasteiger partial charge in [0.25, 0.3) is 0 Å². The average Bonchev–Trinajstić information content (AvgIpc) is 2.89. The predicted octanol–water partition coefficient (Wildman–Crippen LogP) is 2.83. The Kier molecular flexibility index (Phi) is 12.0. The van der Waals surface area contributed by atoms with Crippen molar-refractivity contribution in [1.82, 2.24) is 20.9 Å². The van der Waals surface area contributed by atoms with Gasteiger partial charge in [-0.1, -0.05) is 13.0 Å². The number of nitrogens with one attached hydrogen (secondary N) is 4. The number of aliphatic carboxylic acids is 1. The van der Waals surface area contributed by atoms with Crippen LogP contribution in [0.2, 0.25) is 0 Å². The first-order chi connectivity index (χ1) is 18.6. The first-order valence-electron chi connectivity index (χ1n) is 14.4. The Labute approximate surface area is 238 Å². The summed E-state index contributed by atoms with van der Waals surface area (Å²) in [6.07, 6.45) is 4.20. The minimum atomic E-state index is -1.20. The number of aromatic nitrogens is 1. The molecule has 0 saturated carbocycles. The molecule has 0 spiro atoms. The van der Waals surface area contributed by atoms with E-state index in [1.807, 2.05) is 13.0 Å². The predicted molar refractivity (Wildman–Crippen MR) is 157 cm³/mol. The maximum absolute atomic E-state index is 13.2. The van der Waals surface area contributed by atoms with Gasteiger partial charge in [0.05, 0.1) is 35.6 Å². The van der Waals surface area contributed by atoms with Crippen LogP contribution in [-0.4, -0.2) is 75.7 Å². The zero-order chi connectivity index (χ0) is 30.1. The number of carboxylic acids is 1. The summed E-state index contributed by atoms with van der Waals surface area (Å²) < 4.78 is 0. The molecule has 0 saturated heterocycles. The third-order valence-electron chi connectivity index (χ3n) is 7.54. The van der Waals surface area contributed by atoms with Gasteiger partial charge in [-0.2, -0.15) is 0 Å². The first kappa shape index (κ1) is 33.5. The number of carboxylic acid groups (broad SMARTS) is 1. The number of nitrogens with zero attached hydrogens (tertiary/aromatic N) is 1. The number of pyridine rings is 1. The summed E-state index contributed by atoms with van der Waals surface area (Å²) in [6.45, 7) is 13.6. The van der Waals surface area contributed by atoms with Crippen LogP contribution in [0, 0.1) is 0 Å². The molecule has 40 heavy (non-hydrogen) atoms. The fraction of sp³-hybridized carbons (Fsp3) is 0.700. The van der Waals surface area contributed by atoms with Crippen molar-refractivity contribution in [3.63, 3.8) is 0 Å². The van der Waals surface area contributed by atoms with Crippen molar-refractivity contribution in [3.05, 3.63) is 23.4 Å². The normalized spacial score (nSPS) is 14.7. The number of carbonyl (C=O) groups excluding carboxylic acids is 3. The molecule has 1 atom stereocenters. The van der Waals surface area contributed by atoms with Crippen molar-refractivity contribution < 1.29 is 24.3 Å². The second-order valence-corrected chi connectivity index (χ2v) is 12.4. The van der Waals surface area contributed by atoms with Crippen LogP contribution in [0.1, 0.15) is 91.8 Å². The molecule has 1 aliphatic heterocycles. The summed E-state index contributed by atoms with van der Waals surface area (Å²) in [6, 6.07) is 3.07. The van der Waals surface area contributed by atoms with Gasteiger partial charge in [-0.3, -0.25) is 29.8 Å². The third kappa shape index (κ3) is 9.74. The quantitative estimate of drug-likeness (QED) is 0.182. The highest BCUT2D eigenvalue weighted by Crippen LogP contribution is 2.21. The van der Waals surface area contributed by atoms with Crippen LogP contribution in [0.3, 0.4) is 0 Å². The summed E-state index contributed by atoms with van der Waals surface area (Å²) in [5.74, 6) is -0.796. The Morgan fingerprint density at radius 3 is 2.35 bits per heavy atom. The highest BCUT2D eigenvalue weighted by molar-refractivity contribution is 5.96. The lowest BCUT2D eigenvalue weighted by molar-refractivity contribution is -0.141. The molecule has 224 valence electrons. The lowest BCUT2D eigenvalue weighted by Gasteiger charge is -2.35. The van der Waals surface area contributed by atoms with E-state index in [-0.39, 0.29) is 23.9 Å². The van der Waals surface area contributed by atoms with Gasteiger partial charge in [-0.15, -0.1) is 0 Å². The summed E-state index contributed by atoms with van der Waals surface area (Å²) in [7, 11) is 0. The van der Waals surface area contributed by atoms with E-state index in [2.05, 4.69) is 32.3 Å². The monoisotopic (exact) mass is 559 g/mol. The van der Waals surface area contributed by atoms with Gasteiger partial charge in [0.1, 0.15) is 5.82 Å². The van der Waals surface area contributed by atoms with E-state index in [1.165, 1.54) is 5.56 Å². The van der Waals surface area contributed by atoms with Crippen molar-refractivity contribution in [2.24, 2.45) is 0 Å². The average molecular weight is 560 g/mol. The van der Waals surface area contributed by atoms with Crippen LogP contribution >= 0.6 is 0 Å². The Balaban J connectivity index is 1.93. The van der Waals surface area contributed by atoms with E-state index in [9.17, 15) is 24.3 Å². The van der Waals surface area contributed by atoms with Gasteiger partial charge >= 0.3 is 5.97 Å². The molecule has 0 aliphatic carbocycles. The lowest BCUT2D eigenvalue weighted by Crippen LogP contribution is -2.62. The fourth-order valence-corrected chi connectivity index (χ4v) is 4.73. The molecular weight excluding hydrogens is 510 g/mol. The van der Waals surface area contributed by atoms with Crippen LogP contribution in [-0.2, 0) is 32.0 Å². The van der Waals surface area contributed by atoms with Gasteiger partial charge < -0.3 is 15.7 Å². The number of rotatable bonds is 18. The lowest BCUT2D eigenvalue weighted by atomic mass is 9.88. The van der Waals surface area contributed by atoms with E-state index in [4.69, 9.17) is 0 Å². The van der Waals surface area contributed by atoms with Crippen molar-refractivity contribution in [3.8, 4) is 0 Å². The minimum absolute atomic E-state index is 0.00942. The van der Waals surface area contributed by atoms with Crippen LogP contribution in [0.4, 0.5) is 5.82 Å². The smallest absolute Gasteiger partial charge is 0.305 e. The molecule has 2 heterocycles. The number of aryl methyl sites for hydroxylation is 2. The standard InChI is InChI=1S/C30H49N5O5/c1-8-16-32-30(6,7)26(40)22(18-25(38)39)35-29(4,5)24(37)19-33-28(2,3)23(36)13-9-12-21-15-14-20-11-10-17-31-27(20)34-21/h14-15,22,32-33,35H,8-13,16-19H2,1-7H3,(H,31,34)(H,38,39). The Morgan fingerprint density at radius 1 is 1.00 bits per heavy atom. The second kappa shape index (κ2) is 14.3. The van der Waals surface area contributed by atoms with E-state index < -0.39 is 35.0 Å². The van der Waals surface area contributed by atoms with Gasteiger partial charge in [0, 0.05) is 18.7 Å². The zero-order valence-corrected chi connectivity index (χ0v) is 25.3. The highest BCUT2D eigenvalue weighted by Gasteiger charge is 2.39. The number of fused-ring (bicyclic) bond motifs is 1. The molecule has 10 nitrogen and oxygen atoms in total. The number of hydrogen-bond donors (Lipinski definition) is 5. The number of anilines is 1. The molecule has 1 unspecified atom stereocenters. The van der Waals surface area contributed by atoms with Crippen molar-refractivity contribution >= 4 is 29.1 Å². The third-order valence-corrected chi connectivity index (χ3v) is 7.54. The molecule has 5 N–H and O–H groups in total. The highest BCUT2D eigenvalue weighted by atomic mass is 16.4. The zero-order valence-electron chi connectivity index (χ0n) is 25.3. The topological polar surface area (TPSA) is 150 Å². The summed E-state index contributed by atoms with van der Waals surface area (Å²) in [4.78, 5) is 55.6. The summed E-state index contributed by atoms with van der Waals surface area (Å²) in [5, 5.41) is 22.0. The molecule has 10 heteroatoms. The largest absolute Gasteiger partial charge is 0.481 e. The van der Waals surface area contributed by atoms with E-state index >= 15 is 0 Å². The van der Waals surface area contributed by atoms with Crippen LogP contribution in [0.5, 0.6) is 0 Å². The Morgan fingerprint density at radius 2 is 1.70 bits per heavy atom. The van der Waals surface area contributed by atoms with Crippen molar-refractivity contribution in [1.29, 1.82) is 0 Å². The number of hydrogen-bond acceptors (Lipinski definition) is 9. The molecule has 0 radical (unpaired) electrons. The van der Waals surface area contributed by atoms with E-state index in [0.29, 0.717) is 25.8 Å². The van der Waals surface area contributed by atoms with Crippen LogP contribution in [0.15, 0.2) is 12.1 Å². The Bertz CT molecular complexity index is 1070. The Hall–Kier alpha value is -2.69. The summed E-state index contributed by atoms with van der Waals surface area (Å²) in [5.41, 5.74) is -0.907. The number of carbonyl (C=O) groups is 4. The van der Waals surface area contributed by atoms with Crippen LogP contribution < -0.4 is 21.3 Å². The minimum Gasteiger partial charge on any atom is -0.481 e. The van der Waals surface area contributed by atoms with Crippen molar-refractivity contribution in [2.45, 2.75) is 116 Å². The maximum atomic E-state index is 13.2. The number of ketones is 3. The first-order valence-corrected chi connectivity index (χ1v) is 14.4. The molecule has 0 aromatic carbocycles. The molecule has 1 aromatic rings. The van der Waals surface area contributed by atoms with Gasteiger partial charge in [-0.05, 0) is 91.8 Å².